The molecule has 0 saturated carbocycles. The fraction of sp³-hybridized carbons (Fsp3) is 0.0909. The van der Waals surface area contributed by atoms with Gasteiger partial charge in [0.25, 0.3) is 0 Å². The average molecular weight is 214 g/mol. The molecule has 5 heteroatoms. The Bertz CT molecular complexity index is 585. The van der Waals surface area contributed by atoms with Crippen molar-refractivity contribution < 1.29 is 4.42 Å². The van der Waals surface area contributed by atoms with Gasteiger partial charge in [-0.05, 0) is 12.1 Å². The lowest BCUT2D eigenvalue weighted by atomic mass is 10.3. The molecule has 0 radical (unpaired) electrons. The number of pyridine rings is 1. The maximum atomic E-state index is 5.29. The van der Waals surface area contributed by atoms with Crippen molar-refractivity contribution in [3.8, 4) is 0 Å². The monoisotopic (exact) mass is 214 g/mol. The quantitative estimate of drug-likeness (QED) is 0.701. The van der Waals surface area contributed by atoms with Gasteiger partial charge >= 0.3 is 0 Å². The summed E-state index contributed by atoms with van der Waals surface area (Å²) >= 11 is 0. The average Bonchev–Trinajstić information content (AvgIpc) is 2.97. The van der Waals surface area contributed by atoms with Crippen molar-refractivity contribution in [2.24, 2.45) is 0 Å². The van der Waals surface area contributed by atoms with E-state index in [1.807, 2.05) is 12.1 Å². The summed E-state index contributed by atoms with van der Waals surface area (Å²) in [5.41, 5.74) is 0.831. The van der Waals surface area contributed by atoms with Gasteiger partial charge in [-0.3, -0.25) is 0 Å². The number of aromatic nitrogens is 3. The third-order valence-electron chi connectivity index (χ3n) is 2.36. The van der Waals surface area contributed by atoms with Gasteiger partial charge in [0.2, 0.25) is 0 Å². The van der Waals surface area contributed by atoms with Gasteiger partial charge in [-0.25, -0.2) is 9.97 Å². The van der Waals surface area contributed by atoms with Crippen LogP contribution >= 0.6 is 0 Å². The third kappa shape index (κ3) is 1.52. The van der Waals surface area contributed by atoms with Crippen LogP contribution in [0.15, 0.2) is 41.4 Å². The molecule has 0 spiro atoms. The summed E-state index contributed by atoms with van der Waals surface area (Å²) in [6.45, 7) is 0.615. The molecule has 5 nitrogen and oxygen atoms in total. The molecule has 0 amide bonds. The molecule has 0 fully saturated rings. The molecule has 2 N–H and O–H groups in total. The molecule has 0 aliphatic rings. The van der Waals surface area contributed by atoms with Gasteiger partial charge < -0.3 is 14.7 Å². The van der Waals surface area contributed by atoms with Gasteiger partial charge in [-0.2, -0.15) is 0 Å². The largest absolute Gasteiger partial charge is 0.464 e. The maximum absolute atomic E-state index is 5.29. The molecule has 0 aliphatic heterocycles. The maximum Gasteiger partial charge on any atom is 0.139 e. The zero-order valence-electron chi connectivity index (χ0n) is 8.47. The van der Waals surface area contributed by atoms with Crippen LogP contribution in [0.1, 0.15) is 5.82 Å². The van der Waals surface area contributed by atoms with Gasteiger partial charge in [0, 0.05) is 18.6 Å². The number of rotatable bonds is 3. The van der Waals surface area contributed by atoms with E-state index in [2.05, 4.69) is 20.3 Å². The van der Waals surface area contributed by atoms with E-state index >= 15 is 0 Å². The molecule has 3 heterocycles. The van der Waals surface area contributed by atoms with Crippen LogP contribution in [0, 0.1) is 0 Å². The molecule has 0 unspecified atom stereocenters. The van der Waals surface area contributed by atoms with Crippen LogP contribution in [0.3, 0.4) is 0 Å². The number of anilines is 1. The number of fused-ring (bicyclic) bond motifs is 1. The van der Waals surface area contributed by atoms with Crippen molar-refractivity contribution >= 4 is 16.8 Å². The topological polar surface area (TPSA) is 66.7 Å². The highest BCUT2D eigenvalue weighted by Gasteiger charge is 2.04. The summed E-state index contributed by atoms with van der Waals surface area (Å²) in [5, 5.41) is 4.19. The minimum Gasteiger partial charge on any atom is -0.464 e. The third-order valence-corrected chi connectivity index (χ3v) is 2.36. The minimum absolute atomic E-state index is 0.615. The lowest BCUT2D eigenvalue weighted by molar-refractivity contribution is 0.615. The molecule has 3 aromatic heterocycles. The van der Waals surface area contributed by atoms with Gasteiger partial charge in [0.1, 0.15) is 17.2 Å². The van der Waals surface area contributed by atoms with E-state index in [9.17, 15) is 0 Å². The molecule has 3 aromatic rings. The van der Waals surface area contributed by atoms with Gasteiger partial charge in [-0.15, -0.1) is 0 Å². The van der Waals surface area contributed by atoms with Crippen molar-refractivity contribution in [1.82, 2.24) is 15.0 Å². The predicted molar refractivity (Wildman–Crippen MR) is 59.9 cm³/mol. The van der Waals surface area contributed by atoms with Crippen molar-refractivity contribution in [1.29, 1.82) is 0 Å². The van der Waals surface area contributed by atoms with E-state index in [0.29, 0.717) is 6.54 Å². The van der Waals surface area contributed by atoms with E-state index in [4.69, 9.17) is 4.42 Å². The van der Waals surface area contributed by atoms with Crippen LogP contribution in [0.4, 0.5) is 5.82 Å². The zero-order valence-corrected chi connectivity index (χ0v) is 8.47. The lowest BCUT2D eigenvalue weighted by Crippen LogP contribution is -2.02. The highest BCUT2D eigenvalue weighted by Crippen LogP contribution is 2.21. The number of H-pyrrole nitrogens is 1. The summed E-state index contributed by atoms with van der Waals surface area (Å²) in [7, 11) is 0. The Labute approximate surface area is 91.5 Å². The number of hydrogen-bond acceptors (Lipinski definition) is 4. The van der Waals surface area contributed by atoms with Crippen molar-refractivity contribution in [3.63, 3.8) is 0 Å². The van der Waals surface area contributed by atoms with E-state index in [0.717, 1.165) is 22.6 Å². The molecule has 0 atom stereocenters. The highest BCUT2D eigenvalue weighted by molar-refractivity contribution is 5.87. The predicted octanol–water partition coefficient (Wildman–Crippen LogP) is 2.16. The SMILES string of the molecule is c1c[nH]c(CNc2nccc3occc23)n1. The van der Waals surface area contributed by atoms with Crippen molar-refractivity contribution in [2.75, 3.05) is 5.32 Å². The first-order chi connectivity index (χ1) is 7.93. The Hall–Kier alpha value is -2.30. The molecular weight excluding hydrogens is 204 g/mol. The number of nitrogens with zero attached hydrogens (tertiary/aromatic N) is 2. The highest BCUT2D eigenvalue weighted by atomic mass is 16.3. The van der Waals surface area contributed by atoms with Crippen LogP contribution in [0.5, 0.6) is 0 Å². The minimum atomic E-state index is 0.615. The second kappa shape index (κ2) is 3.69. The first-order valence-corrected chi connectivity index (χ1v) is 4.98. The first kappa shape index (κ1) is 8.96. The molecule has 80 valence electrons. The number of aromatic amines is 1. The first-order valence-electron chi connectivity index (χ1n) is 4.98. The Kier molecular flexibility index (Phi) is 2.07. The Morgan fingerprint density at radius 1 is 1.25 bits per heavy atom. The molecular formula is C11H10N4O. The van der Waals surface area contributed by atoms with Crippen LogP contribution in [0.25, 0.3) is 11.0 Å². The molecule has 0 aromatic carbocycles. The van der Waals surface area contributed by atoms with Gasteiger partial charge in [-0.1, -0.05) is 0 Å². The molecule has 3 rings (SSSR count). The second-order valence-electron chi connectivity index (χ2n) is 3.38. The van der Waals surface area contributed by atoms with Gasteiger partial charge in [0.15, 0.2) is 0 Å². The van der Waals surface area contributed by atoms with E-state index in [1.54, 1.807) is 24.9 Å². The zero-order chi connectivity index (χ0) is 10.8. The molecule has 0 saturated heterocycles. The number of imidazole rings is 1. The second-order valence-corrected chi connectivity index (χ2v) is 3.38. The molecule has 16 heavy (non-hydrogen) atoms. The lowest BCUT2D eigenvalue weighted by Gasteiger charge is -2.03. The van der Waals surface area contributed by atoms with Crippen LogP contribution in [-0.2, 0) is 6.54 Å². The number of nitrogens with one attached hydrogen (secondary N) is 2. The van der Waals surface area contributed by atoms with E-state index in [1.165, 1.54) is 0 Å². The normalized spacial score (nSPS) is 10.8. The van der Waals surface area contributed by atoms with E-state index < -0.39 is 0 Å². The smallest absolute Gasteiger partial charge is 0.139 e. The summed E-state index contributed by atoms with van der Waals surface area (Å²) in [6.07, 6.45) is 6.90. The Morgan fingerprint density at radius 2 is 2.25 bits per heavy atom. The fourth-order valence-corrected chi connectivity index (χ4v) is 1.60. The van der Waals surface area contributed by atoms with Crippen LogP contribution in [-0.4, -0.2) is 15.0 Å². The number of furan rings is 1. The molecule has 0 bridgehead atoms. The summed E-state index contributed by atoms with van der Waals surface area (Å²) < 4.78 is 5.29. The van der Waals surface area contributed by atoms with E-state index in [-0.39, 0.29) is 0 Å². The standard InChI is InChI=1S/C11H10N4O/c1-3-14-11(8-2-6-16-9(1)8)15-7-10-12-4-5-13-10/h1-6H,7H2,(H,12,13)(H,14,15). The van der Waals surface area contributed by atoms with Crippen LogP contribution in [0.2, 0.25) is 0 Å². The van der Waals surface area contributed by atoms with Crippen molar-refractivity contribution in [3.05, 3.63) is 42.8 Å². The van der Waals surface area contributed by atoms with Crippen molar-refractivity contribution in [2.45, 2.75) is 6.54 Å². The van der Waals surface area contributed by atoms with Gasteiger partial charge in [0.05, 0.1) is 18.2 Å². The fourth-order valence-electron chi connectivity index (χ4n) is 1.60. The number of hydrogen-bond donors (Lipinski definition) is 2. The summed E-state index contributed by atoms with van der Waals surface area (Å²) in [5.74, 6) is 1.69. The summed E-state index contributed by atoms with van der Waals surface area (Å²) in [6, 6.07) is 3.74. The Morgan fingerprint density at radius 3 is 3.12 bits per heavy atom. The Balaban J connectivity index is 1.86. The summed E-state index contributed by atoms with van der Waals surface area (Å²) in [4.78, 5) is 11.4. The molecule has 0 aliphatic carbocycles. The van der Waals surface area contributed by atoms with Crippen LogP contribution < -0.4 is 5.32 Å².